The van der Waals surface area contributed by atoms with E-state index in [9.17, 15) is 0 Å². The van der Waals surface area contributed by atoms with Gasteiger partial charge >= 0.3 is 0 Å². The van der Waals surface area contributed by atoms with Gasteiger partial charge in [0, 0.05) is 42.5 Å². The van der Waals surface area contributed by atoms with Crippen molar-refractivity contribution in [2.45, 2.75) is 59.0 Å². The van der Waals surface area contributed by atoms with Crippen LogP contribution in [0, 0.1) is 20.8 Å². The predicted octanol–water partition coefficient (Wildman–Crippen LogP) is 2.72. The maximum atomic E-state index is 4.71. The summed E-state index contributed by atoms with van der Waals surface area (Å²) in [4.78, 5) is 9.85. The average Bonchev–Trinajstić information content (AvgIpc) is 2.75. The van der Waals surface area contributed by atoms with Gasteiger partial charge in [0.25, 0.3) is 0 Å². The summed E-state index contributed by atoms with van der Waals surface area (Å²) >= 11 is 0. The largest absolute Gasteiger partial charge is 0.353 e. The first-order valence-electron chi connectivity index (χ1n) is 8.89. The number of piperidine rings is 1. The molecule has 4 heterocycles. The van der Waals surface area contributed by atoms with Gasteiger partial charge in [-0.1, -0.05) is 6.42 Å². The molecular weight excluding hydrogens is 286 g/mol. The van der Waals surface area contributed by atoms with Crippen molar-refractivity contribution in [3.05, 3.63) is 23.0 Å². The van der Waals surface area contributed by atoms with Crippen LogP contribution in [-0.2, 0) is 0 Å². The van der Waals surface area contributed by atoms with Gasteiger partial charge in [0.1, 0.15) is 5.82 Å². The molecule has 0 bridgehead atoms. The van der Waals surface area contributed by atoms with E-state index in [1.165, 1.54) is 37.2 Å². The van der Waals surface area contributed by atoms with Gasteiger partial charge in [0.2, 0.25) is 0 Å². The predicted molar refractivity (Wildman–Crippen MR) is 93.2 cm³/mol. The molecule has 2 aromatic heterocycles. The number of nitrogens with zero attached hydrogens (tertiary/aromatic N) is 5. The second kappa shape index (κ2) is 5.48. The summed E-state index contributed by atoms with van der Waals surface area (Å²) in [6.07, 6.45) is 4.10. The molecule has 0 N–H and O–H groups in total. The lowest BCUT2D eigenvalue weighted by Gasteiger charge is -2.50. The van der Waals surface area contributed by atoms with Crippen LogP contribution in [0.1, 0.15) is 43.1 Å². The van der Waals surface area contributed by atoms with E-state index in [4.69, 9.17) is 5.10 Å². The number of aryl methyl sites for hydroxylation is 3. The van der Waals surface area contributed by atoms with Crippen molar-refractivity contribution in [2.75, 3.05) is 24.5 Å². The zero-order valence-electron chi connectivity index (χ0n) is 14.7. The first-order valence-corrected chi connectivity index (χ1v) is 8.89. The van der Waals surface area contributed by atoms with E-state index < -0.39 is 0 Å². The van der Waals surface area contributed by atoms with Crippen LogP contribution in [0.5, 0.6) is 0 Å². The van der Waals surface area contributed by atoms with E-state index in [1.807, 2.05) is 4.52 Å². The molecule has 4 rings (SSSR count). The Morgan fingerprint density at radius 1 is 1.13 bits per heavy atom. The van der Waals surface area contributed by atoms with Crippen molar-refractivity contribution in [3.63, 3.8) is 0 Å². The Morgan fingerprint density at radius 2 is 1.91 bits per heavy atom. The molecule has 0 amide bonds. The molecule has 0 aliphatic carbocycles. The minimum Gasteiger partial charge on any atom is -0.353 e. The number of fused-ring (bicyclic) bond motifs is 1. The van der Waals surface area contributed by atoms with Crippen LogP contribution in [0.4, 0.5) is 5.82 Å². The van der Waals surface area contributed by atoms with Gasteiger partial charge in [0.15, 0.2) is 5.65 Å². The Bertz CT molecular complexity index is 729. The summed E-state index contributed by atoms with van der Waals surface area (Å²) < 4.78 is 2.04. The van der Waals surface area contributed by atoms with E-state index >= 15 is 0 Å². The van der Waals surface area contributed by atoms with Crippen molar-refractivity contribution in [3.8, 4) is 0 Å². The van der Waals surface area contributed by atoms with Crippen molar-refractivity contribution < 1.29 is 0 Å². The summed E-state index contributed by atoms with van der Waals surface area (Å²) in [7, 11) is 0. The Balaban J connectivity index is 1.58. The van der Waals surface area contributed by atoms with Gasteiger partial charge in [-0.3, -0.25) is 4.90 Å². The zero-order valence-corrected chi connectivity index (χ0v) is 14.7. The van der Waals surface area contributed by atoms with Crippen molar-refractivity contribution in [1.29, 1.82) is 0 Å². The molecule has 5 heteroatoms. The minimum atomic E-state index is 0.701. The zero-order chi connectivity index (χ0) is 16.1. The Labute approximate surface area is 138 Å². The molecule has 0 radical (unpaired) electrons. The van der Waals surface area contributed by atoms with Gasteiger partial charge in [-0.25, -0.2) is 4.98 Å². The fraction of sp³-hybridized carbons (Fsp3) is 0.667. The number of anilines is 1. The normalized spacial score (nSPS) is 23.5. The summed E-state index contributed by atoms with van der Waals surface area (Å²) in [5, 5.41) is 4.71. The summed E-state index contributed by atoms with van der Waals surface area (Å²) in [5.74, 6) is 1.20. The van der Waals surface area contributed by atoms with Gasteiger partial charge in [-0.2, -0.15) is 9.61 Å². The molecule has 0 saturated carbocycles. The Hall–Kier alpha value is -1.62. The fourth-order valence-corrected chi connectivity index (χ4v) is 4.07. The summed E-state index contributed by atoms with van der Waals surface area (Å²) in [6.45, 7) is 12.1. The lowest BCUT2D eigenvalue weighted by atomic mass is 9.97. The van der Waals surface area contributed by atoms with Gasteiger partial charge in [0.05, 0.1) is 5.69 Å². The topological polar surface area (TPSA) is 36.7 Å². The quantitative estimate of drug-likeness (QED) is 0.854. The number of hydrogen-bond donors (Lipinski definition) is 0. The first-order chi connectivity index (χ1) is 11.0. The van der Waals surface area contributed by atoms with Crippen molar-refractivity contribution in [1.82, 2.24) is 19.5 Å². The van der Waals surface area contributed by atoms with E-state index in [1.54, 1.807) is 0 Å². The molecule has 124 valence electrons. The van der Waals surface area contributed by atoms with Gasteiger partial charge in [-0.15, -0.1) is 0 Å². The molecule has 2 saturated heterocycles. The Morgan fingerprint density at radius 3 is 2.65 bits per heavy atom. The van der Waals surface area contributed by atoms with E-state index in [0.717, 1.165) is 36.2 Å². The van der Waals surface area contributed by atoms with Crippen LogP contribution in [0.3, 0.4) is 0 Å². The second-order valence-electron chi connectivity index (χ2n) is 7.34. The standard InChI is InChI=1S/C18H27N5/c1-12-9-17(23-18(19-12)14(3)15(4)20-23)21-10-16(11-21)22-8-6-5-7-13(22)2/h9,13,16H,5-8,10-11H2,1-4H3/t13-/m0/s1. The lowest BCUT2D eigenvalue weighted by Crippen LogP contribution is -2.62. The number of hydrogen-bond acceptors (Lipinski definition) is 4. The molecule has 0 aromatic carbocycles. The first kappa shape index (κ1) is 14.9. The maximum Gasteiger partial charge on any atom is 0.160 e. The SMILES string of the molecule is Cc1cc(N2CC(N3CCCC[C@@H]3C)C2)n2nc(C)c(C)c2n1. The molecule has 0 spiro atoms. The fourth-order valence-electron chi connectivity index (χ4n) is 4.07. The van der Waals surface area contributed by atoms with Crippen LogP contribution < -0.4 is 4.90 Å². The maximum absolute atomic E-state index is 4.71. The van der Waals surface area contributed by atoms with Crippen LogP contribution in [0.25, 0.3) is 5.65 Å². The third-order valence-electron chi connectivity index (χ3n) is 5.68. The average molecular weight is 313 g/mol. The highest BCUT2D eigenvalue weighted by Crippen LogP contribution is 2.29. The minimum absolute atomic E-state index is 0.701. The van der Waals surface area contributed by atoms with Gasteiger partial charge < -0.3 is 4.90 Å². The van der Waals surface area contributed by atoms with Crippen LogP contribution in [-0.4, -0.2) is 51.2 Å². The van der Waals surface area contributed by atoms with Crippen molar-refractivity contribution >= 4 is 11.5 Å². The molecule has 1 atom stereocenters. The molecular formula is C18H27N5. The van der Waals surface area contributed by atoms with E-state index in [-0.39, 0.29) is 0 Å². The number of aromatic nitrogens is 3. The van der Waals surface area contributed by atoms with Crippen LogP contribution in [0.2, 0.25) is 0 Å². The molecule has 23 heavy (non-hydrogen) atoms. The highest BCUT2D eigenvalue weighted by Gasteiger charge is 2.36. The molecule has 5 nitrogen and oxygen atoms in total. The third kappa shape index (κ3) is 2.42. The number of likely N-dealkylation sites (tertiary alicyclic amines) is 1. The second-order valence-corrected chi connectivity index (χ2v) is 7.34. The lowest BCUT2D eigenvalue weighted by molar-refractivity contribution is 0.0871. The molecule has 0 unspecified atom stereocenters. The molecule has 2 aliphatic rings. The molecule has 2 aliphatic heterocycles. The number of rotatable bonds is 2. The molecule has 2 fully saturated rings. The molecule has 2 aromatic rings. The van der Waals surface area contributed by atoms with Crippen molar-refractivity contribution in [2.24, 2.45) is 0 Å². The van der Waals surface area contributed by atoms with E-state index in [0.29, 0.717) is 6.04 Å². The Kier molecular flexibility index (Phi) is 3.56. The monoisotopic (exact) mass is 313 g/mol. The van der Waals surface area contributed by atoms with Gasteiger partial charge in [-0.05, 0) is 47.1 Å². The highest BCUT2D eigenvalue weighted by atomic mass is 15.4. The van der Waals surface area contributed by atoms with Crippen LogP contribution in [0.15, 0.2) is 6.07 Å². The van der Waals surface area contributed by atoms with E-state index in [2.05, 4.69) is 48.5 Å². The summed E-state index contributed by atoms with van der Waals surface area (Å²) in [5.41, 5.74) is 4.35. The summed E-state index contributed by atoms with van der Waals surface area (Å²) in [6, 6.07) is 3.62. The third-order valence-corrected chi connectivity index (χ3v) is 5.68. The van der Waals surface area contributed by atoms with Crippen LogP contribution >= 0.6 is 0 Å². The highest BCUT2D eigenvalue weighted by molar-refractivity contribution is 5.57. The smallest absolute Gasteiger partial charge is 0.160 e.